The Balaban J connectivity index is 1.68. The Morgan fingerprint density at radius 3 is 2.71 bits per heavy atom. The lowest BCUT2D eigenvalue weighted by Gasteiger charge is -2.07. The first-order valence-electron chi connectivity index (χ1n) is 7.06. The summed E-state index contributed by atoms with van der Waals surface area (Å²) in [6, 6.07) is 7.80. The van der Waals surface area contributed by atoms with Crippen LogP contribution in [0.2, 0.25) is 0 Å². The molecule has 0 atom stereocenters. The van der Waals surface area contributed by atoms with Crippen LogP contribution in [0.1, 0.15) is 17.8 Å². The summed E-state index contributed by atoms with van der Waals surface area (Å²) >= 11 is 0. The molecular weight excluding hydrogens is 266 g/mol. The van der Waals surface area contributed by atoms with Crippen LogP contribution >= 0.6 is 0 Å². The van der Waals surface area contributed by atoms with E-state index in [0.29, 0.717) is 13.0 Å². The van der Waals surface area contributed by atoms with E-state index in [0.717, 1.165) is 30.1 Å². The Morgan fingerprint density at radius 2 is 2.10 bits per heavy atom. The van der Waals surface area contributed by atoms with E-state index in [2.05, 4.69) is 10.3 Å². The molecule has 21 heavy (non-hydrogen) atoms. The van der Waals surface area contributed by atoms with Crippen LogP contribution in [-0.4, -0.2) is 29.1 Å². The van der Waals surface area contributed by atoms with Crippen LogP contribution in [0.3, 0.4) is 0 Å². The molecule has 0 aliphatic rings. The first kappa shape index (κ1) is 15.1. The molecule has 0 fully saturated rings. The van der Waals surface area contributed by atoms with E-state index in [9.17, 15) is 4.79 Å². The molecule has 1 amide bonds. The number of methoxy groups -OCH3 is 1. The van der Waals surface area contributed by atoms with E-state index in [1.165, 1.54) is 0 Å². The number of carbonyl (C=O) groups excluding carboxylic acids is 1. The van der Waals surface area contributed by atoms with Gasteiger partial charge in [0.25, 0.3) is 0 Å². The molecule has 112 valence electrons. The molecule has 0 saturated carbocycles. The van der Waals surface area contributed by atoms with Crippen LogP contribution < -0.4 is 10.1 Å². The number of aryl methyl sites for hydroxylation is 2. The topological polar surface area (TPSA) is 56.1 Å². The van der Waals surface area contributed by atoms with Gasteiger partial charge in [0.05, 0.1) is 7.11 Å². The first-order chi connectivity index (χ1) is 10.2. The summed E-state index contributed by atoms with van der Waals surface area (Å²) in [5, 5.41) is 2.93. The SMILES string of the molecule is COc1ccc(CCC(=O)NCCn2ccnc2C)cc1. The van der Waals surface area contributed by atoms with Crippen molar-refractivity contribution < 1.29 is 9.53 Å². The number of carbonyl (C=O) groups is 1. The van der Waals surface area contributed by atoms with Crippen LogP contribution in [0.15, 0.2) is 36.7 Å². The molecule has 1 heterocycles. The molecule has 0 unspecified atom stereocenters. The van der Waals surface area contributed by atoms with Crippen molar-refractivity contribution in [3.05, 3.63) is 48.0 Å². The van der Waals surface area contributed by atoms with Gasteiger partial charge in [0.2, 0.25) is 5.91 Å². The second kappa shape index (κ2) is 7.47. The maximum absolute atomic E-state index is 11.8. The quantitative estimate of drug-likeness (QED) is 0.847. The Hall–Kier alpha value is -2.30. The van der Waals surface area contributed by atoms with Crippen molar-refractivity contribution in [2.45, 2.75) is 26.3 Å². The molecule has 2 aromatic rings. The summed E-state index contributed by atoms with van der Waals surface area (Å²) in [5.74, 6) is 1.87. The summed E-state index contributed by atoms with van der Waals surface area (Å²) in [6.45, 7) is 3.32. The van der Waals surface area contributed by atoms with E-state index in [1.807, 2.05) is 42.0 Å². The monoisotopic (exact) mass is 287 g/mol. The summed E-state index contributed by atoms with van der Waals surface area (Å²) in [6.07, 6.45) is 4.91. The lowest BCUT2D eigenvalue weighted by Crippen LogP contribution is -2.27. The Bertz CT molecular complexity index is 575. The van der Waals surface area contributed by atoms with E-state index in [1.54, 1.807) is 13.3 Å². The summed E-state index contributed by atoms with van der Waals surface area (Å²) in [7, 11) is 1.64. The number of hydrogen-bond donors (Lipinski definition) is 1. The van der Waals surface area contributed by atoms with Crippen LogP contribution in [0.4, 0.5) is 0 Å². The fourth-order valence-electron chi connectivity index (χ4n) is 2.09. The van der Waals surface area contributed by atoms with Crippen molar-refractivity contribution in [2.24, 2.45) is 0 Å². The van der Waals surface area contributed by atoms with E-state index >= 15 is 0 Å². The zero-order valence-electron chi connectivity index (χ0n) is 12.5. The number of aromatic nitrogens is 2. The van der Waals surface area contributed by atoms with Gasteiger partial charge < -0.3 is 14.6 Å². The minimum Gasteiger partial charge on any atom is -0.497 e. The lowest BCUT2D eigenvalue weighted by atomic mass is 10.1. The lowest BCUT2D eigenvalue weighted by molar-refractivity contribution is -0.121. The minimum absolute atomic E-state index is 0.0728. The number of imidazole rings is 1. The van der Waals surface area contributed by atoms with Gasteiger partial charge in [-0.25, -0.2) is 4.98 Å². The highest BCUT2D eigenvalue weighted by Gasteiger charge is 2.03. The summed E-state index contributed by atoms with van der Waals surface area (Å²) < 4.78 is 7.12. The highest BCUT2D eigenvalue weighted by molar-refractivity contribution is 5.76. The number of nitrogens with one attached hydrogen (secondary N) is 1. The fraction of sp³-hybridized carbons (Fsp3) is 0.375. The zero-order valence-corrected chi connectivity index (χ0v) is 12.5. The van der Waals surface area contributed by atoms with Gasteiger partial charge in [-0.2, -0.15) is 0 Å². The van der Waals surface area contributed by atoms with Crippen LogP contribution in [0.5, 0.6) is 5.75 Å². The van der Waals surface area contributed by atoms with Crippen molar-refractivity contribution in [3.63, 3.8) is 0 Å². The highest BCUT2D eigenvalue weighted by atomic mass is 16.5. The van der Waals surface area contributed by atoms with Crippen molar-refractivity contribution in [1.29, 1.82) is 0 Å². The highest BCUT2D eigenvalue weighted by Crippen LogP contribution is 2.12. The van der Waals surface area contributed by atoms with Crippen molar-refractivity contribution in [1.82, 2.24) is 14.9 Å². The second-order valence-corrected chi connectivity index (χ2v) is 4.87. The maximum atomic E-state index is 11.8. The largest absolute Gasteiger partial charge is 0.497 e. The molecule has 0 bridgehead atoms. The van der Waals surface area contributed by atoms with Gasteiger partial charge in [-0.1, -0.05) is 12.1 Å². The third kappa shape index (κ3) is 4.63. The Labute approximate surface area is 125 Å². The number of amides is 1. The zero-order chi connectivity index (χ0) is 15.1. The molecule has 1 aromatic carbocycles. The van der Waals surface area contributed by atoms with Crippen molar-refractivity contribution >= 4 is 5.91 Å². The molecule has 1 N–H and O–H groups in total. The van der Waals surface area contributed by atoms with E-state index < -0.39 is 0 Å². The number of ether oxygens (including phenoxy) is 1. The summed E-state index contributed by atoms with van der Waals surface area (Å²) in [4.78, 5) is 15.9. The van der Waals surface area contributed by atoms with Crippen molar-refractivity contribution in [3.8, 4) is 5.75 Å². The number of hydrogen-bond acceptors (Lipinski definition) is 3. The van der Waals surface area contributed by atoms with Crippen LogP contribution in [0.25, 0.3) is 0 Å². The van der Waals surface area contributed by atoms with Gasteiger partial charge in [-0.15, -0.1) is 0 Å². The average Bonchev–Trinajstić information content (AvgIpc) is 2.91. The molecule has 0 saturated heterocycles. The number of rotatable bonds is 7. The maximum Gasteiger partial charge on any atom is 0.220 e. The molecule has 0 radical (unpaired) electrons. The second-order valence-electron chi connectivity index (χ2n) is 4.87. The van der Waals surface area contributed by atoms with Crippen molar-refractivity contribution in [2.75, 3.05) is 13.7 Å². The predicted molar refractivity (Wildman–Crippen MR) is 81.3 cm³/mol. The molecule has 1 aromatic heterocycles. The van der Waals surface area contributed by atoms with Gasteiger partial charge in [-0.05, 0) is 31.0 Å². The predicted octanol–water partition coefficient (Wildman–Crippen LogP) is 1.95. The van der Waals surface area contributed by atoms with Gasteiger partial charge in [0, 0.05) is 31.9 Å². The van der Waals surface area contributed by atoms with Gasteiger partial charge in [0.15, 0.2) is 0 Å². The van der Waals surface area contributed by atoms with Gasteiger partial charge in [0.1, 0.15) is 11.6 Å². The van der Waals surface area contributed by atoms with Crippen LogP contribution in [-0.2, 0) is 17.8 Å². The molecule has 0 aliphatic heterocycles. The molecule has 2 rings (SSSR count). The molecule has 5 heteroatoms. The Morgan fingerprint density at radius 1 is 1.33 bits per heavy atom. The molecular formula is C16H21N3O2. The smallest absolute Gasteiger partial charge is 0.220 e. The van der Waals surface area contributed by atoms with Gasteiger partial charge in [-0.3, -0.25) is 4.79 Å². The number of benzene rings is 1. The first-order valence-corrected chi connectivity index (χ1v) is 7.06. The average molecular weight is 287 g/mol. The van der Waals surface area contributed by atoms with Gasteiger partial charge >= 0.3 is 0 Å². The third-order valence-corrected chi connectivity index (χ3v) is 3.40. The van der Waals surface area contributed by atoms with Crippen LogP contribution in [0, 0.1) is 6.92 Å². The van der Waals surface area contributed by atoms with E-state index in [4.69, 9.17) is 4.74 Å². The summed E-state index contributed by atoms with van der Waals surface area (Å²) in [5.41, 5.74) is 1.14. The number of nitrogens with zero attached hydrogens (tertiary/aromatic N) is 2. The Kier molecular flexibility index (Phi) is 5.37. The standard InChI is InChI=1S/C16H21N3O2/c1-13-17-9-11-19(13)12-10-18-16(20)8-5-14-3-6-15(21-2)7-4-14/h3-4,6-7,9,11H,5,8,10,12H2,1-2H3,(H,18,20). The molecule has 5 nitrogen and oxygen atoms in total. The fourth-order valence-corrected chi connectivity index (χ4v) is 2.09. The normalized spacial score (nSPS) is 10.4. The molecule has 0 spiro atoms. The minimum atomic E-state index is 0.0728. The molecule has 0 aliphatic carbocycles. The van der Waals surface area contributed by atoms with E-state index in [-0.39, 0.29) is 5.91 Å². The third-order valence-electron chi connectivity index (χ3n) is 3.40.